The largest absolute Gasteiger partial charge is 0.361 e. The number of amides is 2. The van der Waals surface area contributed by atoms with E-state index in [1.165, 1.54) is 12.1 Å². The van der Waals surface area contributed by atoms with Gasteiger partial charge in [0.1, 0.15) is 18.0 Å². The topological polar surface area (TPSA) is 49.9 Å². The first-order chi connectivity index (χ1) is 11.5. The summed E-state index contributed by atoms with van der Waals surface area (Å²) < 4.78 is 19.4. The fourth-order valence-electron chi connectivity index (χ4n) is 3.52. The monoisotopic (exact) mass is 334 g/mol. The highest BCUT2D eigenvalue weighted by molar-refractivity contribution is 5.95. The lowest BCUT2D eigenvalue weighted by Gasteiger charge is -2.47. The van der Waals surface area contributed by atoms with Crippen LogP contribution in [0.25, 0.3) is 0 Å². The molecule has 5 nitrogen and oxygen atoms in total. The molecule has 0 aromatic heterocycles. The van der Waals surface area contributed by atoms with Gasteiger partial charge in [-0.3, -0.25) is 9.59 Å². The molecule has 1 atom stereocenters. The first kappa shape index (κ1) is 16.9. The van der Waals surface area contributed by atoms with Gasteiger partial charge in [-0.2, -0.15) is 0 Å². The molecule has 24 heavy (non-hydrogen) atoms. The number of anilines is 1. The number of halogens is 1. The van der Waals surface area contributed by atoms with Crippen LogP contribution < -0.4 is 4.90 Å². The number of nitrogens with zero attached hydrogens (tertiary/aromatic N) is 2. The lowest BCUT2D eigenvalue weighted by atomic mass is 9.90. The Bertz CT molecular complexity index is 636. The molecule has 1 spiro atoms. The number of ether oxygens (including phenoxy) is 1. The molecule has 2 saturated heterocycles. The van der Waals surface area contributed by atoms with Crippen LogP contribution in [-0.4, -0.2) is 48.6 Å². The van der Waals surface area contributed by atoms with Gasteiger partial charge in [-0.1, -0.05) is 13.0 Å². The van der Waals surface area contributed by atoms with E-state index in [1.807, 2.05) is 11.8 Å². The molecule has 0 aliphatic carbocycles. The zero-order valence-electron chi connectivity index (χ0n) is 14.0. The number of rotatable bonds is 3. The fraction of sp³-hybridized carbons (Fsp3) is 0.556. The second-order valence-corrected chi connectivity index (χ2v) is 6.60. The molecular formula is C18H23FN2O3. The highest BCUT2D eigenvalue weighted by atomic mass is 19.1. The molecule has 6 heteroatoms. The molecule has 2 aliphatic rings. The quantitative estimate of drug-likeness (QED) is 0.853. The number of morpholine rings is 1. The Morgan fingerprint density at radius 2 is 2.21 bits per heavy atom. The third-order valence-electron chi connectivity index (χ3n) is 4.73. The molecular weight excluding hydrogens is 311 g/mol. The van der Waals surface area contributed by atoms with Crippen molar-refractivity contribution in [3.8, 4) is 0 Å². The standard InChI is InChI=1S/C18H23FN2O3/c1-2-5-16(22)20-9-4-8-18(12-20)13-21(17(23)11-24-18)15-7-3-6-14(19)10-15/h3,6-7,10H,2,4-5,8-9,11-13H2,1H3. The summed E-state index contributed by atoms with van der Waals surface area (Å²) >= 11 is 0. The third kappa shape index (κ3) is 3.43. The molecule has 1 aromatic rings. The summed E-state index contributed by atoms with van der Waals surface area (Å²) in [6.45, 7) is 3.53. The number of piperidine rings is 1. The van der Waals surface area contributed by atoms with Crippen molar-refractivity contribution >= 4 is 17.5 Å². The molecule has 2 heterocycles. The van der Waals surface area contributed by atoms with Crippen molar-refractivity contribution in [1.29, 1.82) is 0 Å². The van der Waals surface area contributed by atoms with Crippen LogP contribution in [0.3, 0.4) is 0 Å². The van der Waals surface area contributed by atoms with Crippen LogP contribution in [-0.2, 0) is 14.3 Å². The summed E-state index contributed by atoms with van der Waals surface area (Å²) in [5.74, 6) is -0.415. The lowest BCUT2D eigenvalue weighted by molar-refractivity contribution is -0.153. The maximum Gasteiger partial charge on any atom is 0.253 e. The maximum absolute atomic E-state index is 13.5. The molecule has 0 N–H and O–H groups in total. The maximum atomic E-state index is 13.5. The second-order valence-electron chi connectivity index (χ2n) is 6.60. The van der Waals surface area contributed by atoms with Crippen molar-refractivity contribution in [3.05, 3.63) is 30.1 Å². The van der Waals surface area contributed by atoms with Crippen LogP contribution in [0, 0.1) is 5.82 Å². The Balaban J connectivity index is 1.78. The van der Waals surface area contributed by atoms with E-state index in [0.717, 1.165) is 25.8 Å². The number of carbonyl (C=O) groups is 2. The van der Waals surface area contributed by atoms with Crippen LogP contribution in [0.1, 0.15) is 32.6 Å². The average molecular weight is 334 g/mol. The summed E-state index contributed by atoms with van der Waals surface area (Å²) in [7, 11) is 0. The number of hydrogen-bond donors (Lipinski definition) is 0. The highest BCUT2D eigenvalue weighted by Gasteiger charge is 2.44. The Morgan fingerprint density at radius 3 is 2.96 bits per heavy atom. The molecule has 2 aliphatic heterocycles. The van der Waals surface area contributed by atoms with Crippen LogP contribution in [0.5, 0.6) is 0 Å². The van der Waals surface area contributed by atoms with E-state index in [9.17, 15) is 14.0 Å². The first-order valence-corrected chi connectivity index (χ1v) is 8.51. The normalized spacial score (nSPS) is 24.5. The summed E-state index contributed by atoms with van der Waals surface area (Å²) in [6.07, 6.45) is 2.99. The fourth-order valence-corrected chi connectivity index (χ4v) is 3.52. The van der Waals surface area contributed by atoms with Gasteiger partial charge in [0.05, 0.1) is 13.1 Å². The minimum atomic E-state index is -0.554. The molecule has 2 amide bonds. The minimum Gasteiger partial charge on any atom is -0.361 e. The van der Waals surface area contributed by atoms with Crippen LogP contribution in [0.4, 0.5) is 10.1 Å². The number of hydrogen-bond acceptors (Lipinski definition) is 3. The van der Waals surface area contributed by atoms with Crippen molar-refractivity contribution in [2.75, 3.05) is 31.1 Å². The molecule has 1 aromatic carbocycles. The summed E-state index contributed by atoms with van der Waals surface area (Å²) in [5.41, 5.74) is -0.0123. The van der Waals surface area contributed by atoms with E-state index >= 15 is 0 Å². The van der Waals surface area contributed by atoms with Gasteiger partial charge in [0.2, 0.25) is 5.91 Å². The van der Waals surface area contributed by atoms with Crippen molar-refractivity contribution in [3.63, 3.8) is 0 Å². The molecule has 0 bridgehead atoms. The first-order valence-electron chi connectivity index (χ1n) is 8.51. The molecule has 3 rings (SSSR count). The van der Waals surface area contributed by atoms with Gasteiger partial charge in [-0.25, -0.2) is 4.39 Å². The van der Waals surface area contributed by atoms with Crippen molar-refractivity contribution in [1.82, 2.24) is 4.90 Å². The molecule has 1 unspecified atom stereocenters. The van der Waals surface area contributed by atoms with E-state index in [-0.39, 0.29) is 24.2 Å². The Morgan fingerprint density at radius 1 is 1.38 bits per heavy atom. The van der Waals surface area contributed by atoms with Crippen molar-refractivity contribution in [2.24, 2.45) is 0 Å². The zero-order valence-corrected chi connectivity index (χ0v) is 14.0. The molecule has 0 radical (unpaired) electrons. The van der Waals surface area contributed by atoms with Gasteiger partial charge >= 0.3 is 0 Å². The summed E-state index contributed by atoms with van der Waals surface area (Å²) in [6, 6.07) is 6.04. The highest BCUT2D eigenvalue weighted by Crippen LogP contribution is 2.32. The van der Waals surface area contributed by atoms with E-state index in [1.54, 1.807) is 17.0 Å². The predicted octanol–water partition coefficient (Wildman–Crippen LogP) is 2.35. The van der Waals surface area contributed by atoms with Crippen LogP contribution >= 0.6 is 0 Å². The molecule has 2 fully saturated rings. The second kappa shape index (κ2) is 6.89. The Labute approximate surface area is 141 Å². The zero-order chi connectivity index (χ0) is 17.2. The molecule has 0 saturated carbocycles. The van der Waals surface area contributed by atoms with Crippen molar-refractivity contribution < 1.29 is 18.7 Å². The van der Waals surface area contributed by atoms with Crippen LogP contribution in [0.2, 0.25) is 0 Å². The average Bonchev–Trinajstić information content (AvgIpc) is 2.58. The third-order valence-corrected chi connectivity index (χ3v) is 4.73. The van der Waals surface area contributed by atoms with Gasteiger partial charge in [-0.05, 0) is 37.5 Å². The van der Waals surface area contributed by atoms with Gasteiger partial charge in [0.15, 0.2) is 0 Å². The van der Waals surface area contributed by atoms with E-state index in [4.69, 9.17) is 4.74 Å². The van der Waals surface area contributed by atoms with Gasteiger partial charge < -0.3 is 14.5 Å². The number of carbonyl (C=O) groups excluding carboxylic acids is 2. The Kier molecular flexibility index (Phi) is 4.85. The van der Waals surface area contributed by atoms with Gasteiger partial charge in [-0.15, -0.1) is 0 Å². The lowest BCUT2D eigenvalue weighted by Crippen LogP contribution is -2.62. The predicted molar refractivity (Wildman–Crippen MR) is 88.2 cm³/mol. The summed E-state index contributed by atoms with van der Waals surface area (Å²) in [5, 5.41) is 0. The van der Waals surface area contributed by atoms with Crippen molar-refractivity contribution in [2.45, 2.75) is 38.2 Å². The number of likely N-dealkylation sites (tertiary alicyclic amines) is 1. The minimum absolute atomic E-state index is 0.0354. The van der Waals surface area contributed by atoms with Gasteiger partial charge in [0.25, 0.3) is 5.91 Å². The van der Waals surface area contributed by atoms with Gasteiger partial charge in [0, 0.05) is 18.7 Å². The van der Waals surface area contributed by atoms with Crippen LogP contribution in [0.15, 0.2) is 24.3 Å². The Hall–Kier alpha value is -1.95. The van der Waals surface area contributed by atoms with E-state index in [2.05, 4.69) is 0 Å². The SMILES string of the molecule is CCCC(=O)N1CCCC2(C1)CN(c1cccc(F)c1)C(=O)CO2. The molecule has 130 valence electrons. The van der Waals surface area contributed by atoms with E-state index in [0.29, 0.717) is 25.2 Å². The summed E-state index contributed by atoms with van der Waals surface area (Å²) in [4.78, 5) is 27.9. The number of benzene rings is 1. The van der Waals surface area contributed by atoms with E-state index < -0.39 is 5.60 Å². The smallest absolute Gasteiger partial charge is 0.253 e.